The minimum atomic E-state index is -4.02. The van der Waals surface area contributed by atoms with E-state index in [2.05, 4.69) is 19.9 Å². The van der Waals surface area contributed by atoms with Crippen molar-refractivity contribution in [2.75, 3.05) is 4.72 Å². The zero-order chi connectivity index (χ0) is 22.3. The Kier molecular flexibility index (Phi) is 5.30. The van der Waals surface area contributed by atoms with Gasteiger partial charge in [-0.05, 0) is 55.3 Å². The number of aryl methyl sites for hydroxylation is 1. The largest absolute Gasteiger partial charge is 0.311 e. The second-order valence-electron chi connectivity index (χ2n) is 7.65. The summed E-state index contributed by atoms with van der Waals surface area (Å²) < 4.78 is 45.0. The molecule has 164 valence electrons. The fourth-order valence-electron chi connectivity index (χ4n) is 4.00. The van der Waals surface area contributed by atoms with Gasteiger partial charge in [0.25, 0.3) is 10.0 Å². The van der Waals surface area contributed by atoms with Gasteiger partial charge in [0.1, 0.15) is 17.2 Å². The van der Waals surface area contributed by atoms with Gasteiger partial charge in [-0.25, -0.2) is 12.8 Å². The highest BCUT2D eigenvalue weighted by molar-refractivity contribution is 7.93. The number of rotatable bonds is 4. The summed E-state index contributed by atoms with van der Waals surface area (Å²) in [7, 11) is -4.02. The first kappa shape index (κ1) is 20.8. The van der Waals surface area contributed by atoms with Crippen molar-refractivity contribution in [1.82, 2.24) is 19.7 Å². The standard InChI is InChI=1S/C22H19ClFN5O2S/c23-17-8-7-14(13-16(17)22-27-26-20-6-2-1-3-12-29(20)22)28-32(30,31)19-10-9-18(24)21-15(19)5-4-11-25-21/h4-5,7-11,13,28H,1-3,6,12H2. The van der Waals surface area contributed by atoms with Crippen LogP contribution in [0.15, 0.2) is 53.6 Å². The predicted octanol–water partition coefficient (Wildman–Crippen LogP) is 4.81. The van der Waals surface area contributed by atoms with Gasteiger partial charge in [0, 0.05) is 35.8 Å². The molecular formula is C22H19ClFN5O2S. The van der Waals surface area contributed by atoms with E-state index in [1.165, 1.54) is 18.3 Å². The lowest BCUT2D eigenvalue weighted by atomic mass is 10.2. The van der Waals surface area contributed by atoms with Crippen molar-refractivity contribution in [2.24, 2.45) is 0 Å². The van der Waals surface area contributed by atoms with Crippen LogP contribution in [-0.4, -0.2) is 28.2 Å². The van der Waals surface area contributed by atoms with Crippen LogP contribution in [0.2, 0.25) is 5.02 Å². The Morgan fingerprint density at radius 2 is 1.94 bits per heavy atom. The molecule has 7 nitrogen and oxygen atoms in total. The fourth-order valence-corrected chi connectivity index (χ4v) is 5.45. The van der Waals surface area contributed by atoms with E-state index in [0.717, 1.165) is 44.1 Å². The molecule has 0 bridgehead atoms. The molecule has 5 rings (SSSR count). The molecule has 1 aliphatic heterocycles. The number of sulfonamides is 1. The fraction of sp³-hybridized carbons (Fsp3) is 0.227. The van der Waals surface area contributed by atoms with Crippen LogP contribution in [0.5, 0.6) is 0 Å². The number of benzene rings is 2. The monoisotopic (exact) mass is 471 g/mol. The number of anilines is 1. The molecular weight excluding hydrogens is 453 g/mol. The van der Waals surface area contributed by atoms with Gasteiger partial charge in [0.15, 0.2) is 5.82 Å². The maximum absolute atomic E-state index is 14.1. The summed E-state index contributed by atoms with van der Waals surface area (Å²) in [6.07, 6.45) is 5.47. The third-order valence-electron chi connectivity index (χ3n) is 5.54. The van der Waals surface area contributed by atoms with Crippen molar-refractivity contribution in [3.8, 4) is 11.4 Å². The van der Waals surface area contributed by atoms with Crippen LogP contribution < -0.4 is 4.72 Å². The van der Waals surface area contributed by atoms with E-state index in [4.69, 9.17) is 11.6 Å². The number of nitrogens with zero attached hydrogens (tertiary/aromatic N) is 4. The van der Waals surface area contributed by atoms with Crippen LogP contribution in [0.3, 0.4) is 0 Å². The summed E-state index contributed by atoms with van der Waals surface area (Å²) in [5, 5.41) is 9.27. The average molecular weight is 472 g/mol. The van der Waals surface area contributed by atoms with Gasteiger partial charge in [-0.1, -0.05) is 18.0 Å². The Morgan fingerprint density at radius 3 is 2.81 bits per heavy atom. The van der Waals surface area contributed by atoms with Gasteiger partial charge in [0.05, 0.1) is 9.92 Å². The van der Waals surface area contributed by atoms with Gasteiger partial charge in [-0.2, -0.15) is 0 Å². The SMILES string of the molecule is O=S(=O)(Nc1ccc(Cl)c(-c2nnc3n2CCCCC3)c1)c1ccc(F)c2ncccc12. The predicted molar refractivity (Wildman–Crippen MR) is 121 cm³/mol. The first-order valence-electron chi connectivity index (χ1n) is 10.2. The maximum atomic E-state index is 14.1. The Hall–Kier alpha value is -3.04. The summed E-state index contributed by atoms with van der Waals surface area (Å²) in [4.78, 5) is 3.91. The molecule has 0 saturated carbocycles. The van der Waals surface area contributed by atoms with Gasteiger partial charge in [-0.3, -0.25) is 9.71 Å². The molecule has 2 aromatic carbocycles. The van der Waals surface area contributed by atoms with E-state index in [0.29, 0.717) is 22.1 Å². The van der Waals surface area contributed by atoms with Crippen molar-refractivity contribution in [1.29, 1.82) is 0 Å². The van der Waals surface area contributed by atoms with E-state index in [1.807, 2.05) is 4.57 Å². The molecule has 0 spiro atoms. The van der Waals surface area contributed by atoms with Crippen molar-refractivity contribution in [2.45, 2.75) is 37.1 Å². The number of aromatic nitrogens is 4. The smallest absolute Gasteiger partial charge is 0.262 e. The summed E-state index contributed by atoms with van der Waals surface area (Å²) in [5.74, 6) is 0.940. The van der Waals surface area contributed by atoms with E-state index in [9.17, 15) is 12.8 Å². The normalized spacial score (nSPS) is 14.2. The van der Waals surface area contributed by atoms with Crippen LogP contribution >= 0.6 is 11.6 Å². The molecule has 0 saturated heterocycles. The minimum absolute atomic E-state index is 0.00155. The van der Waals surface area contributed by atoms with Crippen LogP contribution in [-0.2, 0) is 23.0 Å². The second kappa shape index (κ2) is 8.14. The molecule has 0 amide bonds. The van der Waals surface area contributed by atoms with Crippen molar-refractivity contribution < 1.29 is 12.8 Å². The van der Waals surface area contributed by atoms with Crippen molar-refractivity contribution >= 4 is 38.2 Å². The van der Waals surface area contributed by atoms with Crippen molar-refractivity contribution in [3.63, 3.8) is 0 Å². The van der Waals surface area contributed by atoms with Gasteiger partial charge in [0.2, 0.25) is 0 Å². The van der Waals surface area contributed by atoms with E-state index in [-0.39, 0.29) is 15.8 Å². The van der Waals surface area contributed by atoms with Crippen LogP contribution in [0, 0.1) is 5.82 Å². The highest BCUT2D eigenvalue weighted by Gasteiger charge is 2.22. The summed E-state index contributed by atoms with van der Waals surface area (Å²) in [6, 6.07) is 10.3. The average Bonchev–Trinajstić information content (AvgIpc) is 3.02. The summed E-state index contributed by atoms with van der Waals surface area (Å²) in [5.41, 5.74) is 0.910. The third kappa shape index (κ3) is 3.71. The lowest BCUT2D eigenvalue weighted by Gasteiger charge is -2.13. The highest BCUT2D eigenvalue weighted by atomic mass is 35.5. The molecule has 4 aromatic rings. The first-order chi connectivity index (χ1) is 15.4. The topological polar surface area (TPSA) is 89.8 Å². The number of nitrogens with one attached hydrogen (secondary N) is 1. The lowest BCUT2D eigenvalue weighted by Crippen LogP contribution is -2.14. The molecule has 10 heteroatoms. The molecule has 1 N–H and O–H groups in total. The first-order valence-corrected chi connectivity index (χ1v) is 12.1. The molecule has 2 aromatic heterocycles. The molecule has 32 heavy (non-hydrogen) atoms. The Balaban J connectivity index is 1.54. The Labute approximate surface area is 189 Å². The minimum Gasteiger partial charge on any atom is -0.311 e. The molecule has 3 heterocycles. The highest BCUT2D eigenvalue weighted by Crippen LogP contribution is 2.33. The van der Waals surface area contributed by atoms with Gasteiger partial charge < -0.3 is 4.57 Å². The molecule has 0 unspecified atom stereocenters. The molecule has 0 radical (unpaired) electrons. The van der Waals surface area contributed by atoms with Crippen LogP contribution in [0.4, 0.5) is 10.1 Å². The van der Waals surface area contributed by atoms with Crippen LogP contribution in [0.1, 0.15) is 25.1 Å². The van der Waals surface area contributed by atoms with Crippen molar-refractivity contribution in [3.05, 3.63) is 65.3 Å². The number of hydrogen-bond donors (Lipinski definition) is 1. The third-order valence-corrected chi connectivity index (χ3v) is 7.31. The van der Waals surface area contributed by atoms with Gasteiger partial charge >= 0.3 is 0 Å². The Morgan fingerprint density at radius 1 is 1.06 bits per heavy atom. The quantitative estimate of drug-likeness (QED) is 0.461. The molecule has 0 atom stereocenters. The second-order valence-corrected chi connectivity index (χ2v) is 9.71. The van der Waals surface area contributed by atoms with E-state index >= 15 is 0 Å². The lowest BCUT2D eigenvalue weighted by molar-refractivity contribution is 0.601. The number of pyridine rings is 1. The summed E-state index contributed by atoms with van der Waals surface area (Å²) in [6.45, 7) is 0.790. The summed E-state index contributed by atoms with van der Waals surface area (Å²) >= 11 is 6.45. The van der Waals surface area contributed by atoms with E-state index < -0.39 is 15.8 Å². The van der Waals surface area contributed by atoms with Crippen LogP contribution in [0.25, 0.3) is 22.3 Å². The van der Waals surface area contributed by atoms with E-state index in [1.54, 1.807) is 24.3 Å². The number of hydrogen-bond acceptors (Lipinski definition) is 5. The molecule has 0 fully saturated rings. The molecule has 0 aliphatic carbocycles. The Bertz CT molecular complexity index is 1440. The zero-order valence-corrected chi connectivity index (χ0v) is 18.5. The maximum Gasteiger partial charge on any atom is 0.262 e. The van der Waals surface area contributed by atoms with Gasteiger partial charge in [-0.15, -0.1) is 10.2 Å². The number of fused-ring (bicyclic) bond motifs is 2. The molecule has 1 aliphatic rings. The zero-order valence-electron chi connectivity index (χ0n) is 16.9. The number of halogens is 2.